The van der Waals surface area contributed by atoms with E-state index in [0.717, 1.165) is 0 Å². The van der Waals surface area contributed by atoms with Gasteiger partial charge in [-0.1, -0.05) is 0 Å². The fourth-order valence-corrected chi connectivity index (χ4v) is 2.07. The molecule has 0 aliphatic heterocycles. The van der Waals surface area contributed by atoms with Crippen LogP contribution in [0.4, 0.5) is 9.59 Å². The molecule has 0 unspecified atom stereocenters. The van der Waals surface area contributed by atoms with E-state index in [2.05, 4.69) is 16.0 Å². The standard InChI is InChI=1S/C18H36N4O6/c1-17(2,3)27-15(25)21-8-7-20-14(24)10-12(9-13(23)11-19)22-16(26)28-18(4,5)6/h12-13,23H,7-11,19H2,1-6H3,(H,20,24)(H,21,25)(H,22,26)/t12-,13-/m1/s1. The van der Waals surface area contributed by atoms with Crippen molar-refractivity contribution in [1.82, 2.24) is 16.0 Å². The van der Waals surface area contributed by atoms with Crippen molar-refractivity contribution in [2.24, 2.45) is 5.73 Å². The van der Waals surface area contributed by atoms with Gasteiger partial charge in [0.05, 0.1) is 6.10 Å². The van der Waals surface area contributed by atoms with Gasteiger partial charge in [0, 0.05) is 32.1 Å². The van der Waals surface area contributed by atoms with E-state index in [-0.39, 0.29) is 38.4 Å². The lowest BCUT2D eigenvalue weighted by molar-refractivity contribution is -0.121. The molecular weight excluding hydrogens is 368 g/mol. The number of nitrogens with one attached hydrogen (secondary N) is 3. The molecule has 0 aromatic rings. The second-order valence-corrected chi connectivity index (χ2v) is 8.45. The molecule has 0 rings (SSSR count). The van der Waals surface area contributed by atoms with Crippen LogP contribution >= 0.6 is 0 Å². The van der Waals surface area contributed by atoms with Gasteiger partial charge in [0.15, 0.2) is 0 Å². The maximum absolute atomic E-state index is 12.1. The van der Waals surface area contributed by atoms with Crippen LogP contribution in [0, 0.1) is 0 Å². The highest BCUT2D eigenvalue weighted by Crippen LogP contribution is 2.09. The van der Waals surface area contributed by atoms with Crippen molar-refractivity contribution < 1.29 is 29.0 Å². The Kier molecular flexibility index (Phi) is 10.8. The maximum Gasteiger partial charge on any atom is 0.407 e. The van der Waals surface area contributed by atoms with Crippen LogP contribution < -0.4 is 21.7 Å². The number of carbonyl (C=O) groups is 3. The third kappa shape index (κ3) is 15.0. The number of nitrogens with two attached hydrogens (primary N) is 1. The lowest BCUT2D eigenvalue weighted by Crippen LogP contribution is -2.45. The molecular formula is C18H36N4O6. The lowest BCUT2D eigenvalue weighted by atomic mass is 10.1. The summed E-state index contributed by atoms with van der Waals surface area (Å²) in [5.41, 5.74) is 4.12. The van der Waals surface area contributed by atoms with Crippen molar-refractivity contribution in [3.05, 3.63) is 0 Å². The SMILES string of the molecule is CC(C)(C)OC(=O)NCCNC(=O)C[C@@H](C[C@@H](O)CN)NC(=O)OC(C)(C)C. The van der Waals surface area contributed by atoms with E-state index in [4.69, 9.17) is 15.2 Å². The molecule has 0 bridgehead atoms. The molecule has 3 amide bonds. The van der Waals surface area contributed by atoms with E-state index < -0.39 is 35.5 Å². The van der Waals surface area contributed by atoms with Gasteiger partial charge in [-0.25, -0.2) is 9.59 Å². The summed E-state index contributed by atoms with van der Waals surface area (Å²) in [5.74, 6) is -0.351. The van der Waals surface area contributed by atoms with Gasteiger partial charge in [-0.05, 0) is 48.0 Å². The van der Waals surface area contributed by atoms with Gasteiger partial charge in [0.25, 0.3) is 0 Å². The fraction of sp³-hybridized carbons (Fsp3) is 0.833. The minimum atomic E-state index is -0.860. The maximum atomic E-state index is 12.1. The number of alkyl carbamates (subject to hydrolysis) is 2. The second kappa shape index (κ2) is 11.7. The predicted octanol–water partition coefficient (Wildman–Crippen LogP) is 0.620. The van der Waals surface area contributed by atoms with Gasteiger partial charge in [0.1, 0.15) is 11.2 Å². The normalized spacial score (nSPS) is 13.9. The third-order valence-electron chi connectivity index (χ3n) is 3.10. The molecule has 28 heavy (non-hydrogen) atoms. The van der Waals surface area contributed by atoms with Crippen molar-refractivity contribution >= 4 is 18.1 Å². The zero-order valence-electron chi connectivity index (χ0n) is 17.8. The van der Waals surface area contributed by atoms with Gasteiger partial charge in [-0.15, -0.1) is 0 Å². The Hall–Kier alpha value is -2.07. The predicted molar refractivity (Wildman–Crippen MR) is 105 cm³/mol. The van der Waals surface area contributed by atoms with Crippen LogP contribution in [-0.4, -0.2) is 66.2 Å². The Morgan fingerprint density at radius 1 is 0.929 bits per heavy atom. The monoisotopic (exact) mass is 404 g/mol. The summed E-state index contributed by atoms with van der Waals surface area (Å²) in [6.45, 7) is 10.8. The molecule has 0 radical (unpaired) electrons. The summed E-state index contributed by atoms with van der Waals surface area (Å²) in [6, 6.07) is -0.646. The van der Waals surface area contributed by atoms with Crippen LogP contribution in [0.2, 0.25) is 0 Å². The molecule has 0 heterocycles. The molecule has 10 heteroatoms. The molecule has 0 aromatic heterocycles. The summed E-state index contributed by atoms with van der Waals surface area (Å²) < 4.78 is 10.3. The Bertz CT molecular complexity index is 513. The molecule has 0 spiro atoms. The second-order valence-electron chi connectivity index (χ2n) is 8.45. The highest BCUT2D eigenvalue weighted by atomic mass is 16.6. The molecule has 0 fully saturated rings. The highest BCUT2D eigenvalue weighted by molar-refractivity contribution is 5.77. The van der Waals surface area contributed by atoms with E-state index in [1.54, 1.807) is 41.5 Å². The van der Waals surface area contributed by atoms with Gasteiger partial charge in [0.2, 0.25) is 5.91 Å². The van der Waals surface area contributed by atoms with Crippen LogP contribution in [-0.2, 0) is 14.3 Å². The van der Waals surface area contributed by atoms with E-state index >= 15 is 0 Å². The van der Waals surface area contributed by atoms with E-state index in [1.165, 1.54) is 0 Å². The summed E-state index contributed by atoms with van der Waals surface area (Å²) >= 11 is 0. The minimum Gasteiger partial charge on any atom is -0.444 e. The smallest absolute Gasteiger partial charge is 0.407 e. The average Bonchev–Trinajstić information content (AvgIpc) is 2.47. The molecule has 0 saturated heterocycles. The van der Waals surface area contributed by atoms with Crippen molar-refractivity contribution in [1.29, 1.82) is 0 Å². The lowest BCUT2D eigenvalue weighted by Gasteiger charge is -2.24. The minimum absolute atomic E-state index is 0.00786. The van der Waals surface area contributed by atoms with Crippen LogP contribution in [0.3, 0.4) is 0 Å². The Balaban J connectivity index is 4.43. The first-order valence-electron chi connectivity index (χ1n) is 9.33. The Labute approximate surface area is 166 Å². The molecule has 164 valence electrons. The summed E-state index contributed by atoms with van der Waals surface area (Å²) in [7, 11) is 0. The zero-order chi connectivity index (χ0) is 22.0. The number of hydrogen-bond acceptors (Lipinski definition) is 7. The summed E-state index contributed by atoms with van der Waals surface area (Å²) in [6.07, 6.45) is -2.07. The van der Waals surface area contributed by atoms with Gasteiger partial charge >= 0.3 is 12.2 Å². The largest absolute Gasteiger partial charge is 0.444 e. The van der Waals surface area contributed by atoms with Crippen LogP contribution in [0.5, 0.6) is 0 Å². The fourth-order valence-electron chi connectivity index (χ4n) is 2.07. The van der Waals surface area contributed by atoms with Gasteiger partial charge in [-0.3, -0.25) is 4.79 Å². The van der Waals surface area contributed by atoms with Gasteiger partial charge < -0.3 is 36.3 Å². The Morgan fingerprint density at radius 2 is 1.43 bits per heavy atom. The Morgan fingerprint density at radius 3 is 1.93 bits per heavy atom. The number of amides is 3. The summed E-state index contributed by atoms with van der Waals surface area (Å²) in [5, 5.41) is 17.5. The van der Waals surface area contributed by atoms with Crippen LogP contribution in [0.25, 0.3) is 0 Å². The average molecular weight is 405 g/mol. The van der Waals surface area contributed by atoms with Gasteiger partial charge in [-0.2, -0.15) is 0 Å². The number of ether oxygens (including phenoxy) is 2. The number of aliphatic hydroxyl groups excluding tert-OH is 1. The topological polar surface area (TPSA) is 152 Å². The molecule has 0 saturated carbocycles. The van der Waals surface area contributed by atoms with Crippen molar-refractivity contribution in [2.45, 2.75) is 77.7 Å². The molecule has 0 aromatic carbocycles. The van der Waals surface area contributed by atoms with Crippen molar-refractivity contribution in [3.63, 3.8) is 0 Å². The van der Waals surface area contributed by atoms with Crippen LogP contribution in [0.15, 0.2) is 0 Å². The molecule has 2 atom stereocenters. The third-order valence-corrected chi connectivity index (χ3v) is 3.10. The molecule has 6 N–H and O–H groups in total. The first-order valence-corrected chi connectivity index (χ1v) is 9.33. The quantitative estimate of drug-likeness (QED) is 0.353. The number of rotatable bonds is 9. The first-order chi connectivity index (χ1) is 12.7. The first kappa shape index (κ1) is 25.9. The number of hydrogen-bond donors (Lipinski definition) is 5. The van der Waals surface area contributed by atoms with Crippen molar-refractivity contribution in [3.8, 4) is 0 Å². The molecule has 0 aliphatic carbocycles. The zero-order valence-corrected chi connectivity index (χ0v) is 17.8. The van der Waals surface area contributed by atoms with E-state index in [1.807, 2.05) is 0 Å². The highest BCUT2D eigenvalue weighted by Gasteiger charge is 2.23. The number of aliphatic hydroxyl groups is 1. The summed E-state index contributed by atoms with van der Waals surface area (Å²) in [4.78, 5) is 35.6. The number of carbonyl (C=O) groups excluding carboxylic acids is 3. The molecule has 10 nitrogen and oxygen atoms in total. The van der Waals surface area contributed by atoms with Crippen LogP contribution in [0.1, 0.15) is 54.4 Å². The van der Waals surface area contributed by atoms with E-state index in [9.17, 15) is 19.5 Å². The molecule has 0 aliphatic rings. The van der Waals surface area contributed by atoms with E-state index in [0.29, 0.717) is 0 Å². The van der Waals surface area contributed by atoms with Crippen molar-refractivity contribution in [2.75, 3.05) is 19.6 Å².